The number of ether oxygens (including phenoxy) is 1. The third-order valence-corrected chi connectivity index (χ3v) is 6.02. The highest BCUT2D eigenvalue weighted by atomic mass is 32.2. The van der Waals surface area contributed by atoms with Crippen LogP contribution in [0.3, 0.4) is 0 Å². The molecule has 0 bridgehead atoms. The summed E-state index contributed by atoms with van der Waals surface area (Å²) < 4.78 is 32.3. The summed E-state index contributed by atoms with van der Waals surface area (Å²) in [5.41, 5.74) is 8.20. The van der Waals surface area contributed by atoms with E-state index in [0.717, 1.165) is 17.5 Å². The summed E-state index contributed by atoms with van der Waals surface area (Å²) >= 11 is 0. The fraction of sp³-hybridized carbons (Fsp3) is 0.571. The Morgan fingerprint density at radius 2 is 2.00 bits per heavy atom. The van der Waals surface area contributed by atoms with Gasteiger partial charge >= 0.3 is 0 Å². The highest BCUT2D eigenvalue weighted by Gasteiger charge is 2.35. The lowest BCUT2D eigenvalue weighted by Crippen LogP contribution is -2.41. The average Bonchev–Trinajstić information content (AvgIpc) is 2.80. The van der Waals surface area contributed by atoms with Gasteiger partial charge in [0.1, 0.15) is 0 Å². The first-order valence-corrected chi connectivity index (χ1v) is 8.15. The highest BCUT2D eigenvalue weighted by Crippen LogP contribution is 2.27. The van der Waals surface area contributed by atoms with Crippen LogP contribution in [0.25, 0.3) is 0 Å². The molecule has 1 saturated heterocycles. The fourth-order valence-electron chi connectivity index (χ4n) is 2.54. The van der Waals surface area contributed by atoms with Crippen molar-refractivity contribution in [3.63, 3.8) is 0 Å². The van der Waals surface area contributed by atoms with E-state index in [1.807, 2.05) is 20.8 Å². The van der Waals surface area contributed by atoms with E-state index in [4.69, 9.17) is 10.5 Å². The molecule has 112 valence electrons. The summed E-state index contributed by atoms with van der Waals surface area (Å²) in [5.74, 6) is 0. The molecule has 1 fully saturated rings. The molecule has 0 amide bonds. The number of nitrogens with two attached hydrogens (primary N) is 1. The highest BCUT2D eigenvalue weighted by molar-refractivity contribution is 7.89. The molecule has 0 saturated carbocycles. The van der Waals surface area contributed by atoms with Gasteiger partial charge in [-0.1, -0.05) is 0 Å². The van der Waals surface area contributed by atoms with E-state index in [1.165, 1.54) is 10.4 Å². The van der Waals surface area contributed by atoms with Crippen LogP contribution in [0.1, 0.15) is 24.5 Å². The van der Waals surface area contributed by atoms with Crippen LogP contribution in [-0.4, -0.2) is 38.5 Å². The smallest absolute Gasteiger partial charge is 0.243 e. The molecular formula is C14H22N2O3S. The zero-order valence-corrected chi connectivity index (χ0v) is 13.2. The molecule has 0 aromatic heterocycles. The van der Waals surface area contributed by atoms with Crippen LogP contribution in [-0.2, 0) is 14.8 Å². The number of nitrogen functional groups attached to an aromatic ring is 1. The Balaban J connectivity index is 2.40. The van der Waals surface area contributed by atoms with E-state index in [9.17, 15) is 8.42 Å². The molecule has 5 nitrogen and oxygen atoms in total. The van der Waals surface area contributed by atoms with Crippen LogP contribution in [0.2, 0.25) is 0 Å². The number of sulfonamides is 1. The number of likely N-dealkylation sites (N-methyl/N-ethyl adjacent to an activating group) is 1. The molecule has 0 radical (unpaired) electrons. The summed E-state index contributed by atoms with van der Waals surface area (Å²) in [5, 5.41) is 0. The van der Waals surface area contributed by atoms with Gasteiger partial charge in [0.15, 0.2) is 0 Å². The Morgan fingerprint density at radius 1 is 1.35 bits per heavy atom. The zero-order valence-electron chi connectivity index (χ0n) is 12.4. The van der Waals surface area contributed by atoms with Crippen molar-refractivity contribution < 1.29 is 13.2 Å². The topological polar surface area (TPSA) is 72.6 Å². The van der Waals surface area contributed by atoms with Gasteiger partial charge in [-0.15, -0.1) is 0 Å². The van der Waals surface area contributed by atoms with Crippen molar-refractivity contribution in [2.45, 2.75) is 44.2 Å². The van der Waals surface area contributed by atoms with Crippen molar-refractivity contribution in [3.05, 3.63) is 23.3 Å². The van der Waals surface area contributed by atoms with Gasteiger partial charge < -0.3 is 10.5 Å². The quantitative estimate of drug-likeness (QED) is 0.862. The SMILES string of the molecule is Cc1cc(S(=O)(=O)N(C)C2CCOC2C)cc(N)c1C. The fourth-order valence-corrected chi connectivity index (χ4v) is 4.11. The maximum Gasteiger partial charge on any atom is 0.243 e. The molecule has 1 aliphatic heterocycles. The molecular weight excluding hydrogens is 276 g/mol. The molecule has 1 aliphatic rings. The summed E-state index contributed by atoms with van der Waals surface area (Å²) in [7, 11) is -1.94. The van der Waals surface area contributed by atoms with Crippen molar-refractivity contribution in [1.82, 2.24) is 4.31 Å². The van der Waals surface area contributed by atoms with Gasteiger partial charge in [0.05, 0.1) is 17.0 Å². The van der Waals surface area contributed by atoms with E-state index in [0.29, 0.717) is 12.3 Å². The zero-order chi connectivity index (χ0) is 15.1. The first-order valence-electron chi connectivity index (χ1n) is 6.71. The van der Waals surface area contributed by atoms with E-state index in [1.54, 1.807) is 13.1 Å². The second-order valence-electron chi connectivity index (χ2n) is 5.41. The molecule has 20 heavy (non-hydrogen) atoms. The van der Waals surface area contributed by atoms with Crippen LogP contribution < -0.4 is 5.73 Å². The number of hydrogen-bond acceptors (Lipinski definition) is 4. The van der Waals surface area contributed by atoms with Gasteiger partial charge in [-0.3, -0.25) is 0 Å². The molecule has 0 aliphatic carbocycles. The van der Waals surface area contributed by atoms with Gasteiger partial charge in [-0.2, -0.15) is 4.31 Å². The number of rotatable bonds is 3. The summed E-state index contributed by atoms with van der Waals surface area (Å²) in [6.07, 6.45) is 0.635. The molecule has 1 aromatic rings. The maximum atomic E-state index is 12.7. The van der Waals surface area contributed by atoms with Crippen LogP contribution >= 0.6 is 0 Å². The average molecular weight is 298 g/mol. The normalized spacial score (nSPS) is 23.4. The Bertz CT molecular complexity index is 590. The van der Waals surface area contributed by atoms with Crippen LogP contribution in [0, 0.1) is 13.8 Å². The Labute approximate surface area is 120 Å². The van der Waals surface area contributed by atoms with Gasteiger partial charge in [-0.25, -0.2) is 8.42 Å². The molecule has 2 atom stereocenters. The Kier molecular flexibility index (Phi) is 4.09. The number of benzene rings is 1. The minimum Gasteiger partial charge on any atom is -0.398 e. The molecule has 2 rings (SSSR count). The maximum absolute atomic E-state index is 12.7. The number of hydrogen-bond donors (Lipinski definition) is 1. The van der Waals surface area contributed by atoms with Crippen molar-refractivity contribution in [2.75, 3.05) is 19.4 Å². The van der Waals surface area contributed by atoms with E-state index >= 15 is 0 Å². The lowest BCUT2D eigenvalue weighted by atomic mass is 10.1. The van der Waals surface area contributed by atoms with Crippen molar-refractivity contribution in [3.8, 4) is 0 Å². The van der Waals surface area contributed by atoms with E-state index < -0.39 is 10.0 Å². The Hall–Kier alpha value is -1.11. The lowest BCUT2D eigenvalue weighted by molar-refractivity contribution is 0.102. The van der Waals surface area contributed by atoms with Crippen molar-refractivity contribution in [2.24, 2.45) is 0 Å². The third kappa shape index (κ3) is 2.55. The number of nitrogens with zero attached hydrogens (tertiary/aromatic N) is 1. The molecule has 6 heteroatoms. The first kappa shape index (κ1) is 15.3. The number of anilines is 1. The molecule has 2 unspecified atom stereocenters. The molecule has 1 heterocycles. The monoisotopic (exact) mass is 298 g/mol. The lowest BCUT2D eigenvalue weighted by Gasteiger charge is -2.26. The molecule has 0 spiro atoms. The van der Waals surface area contributed by atoms with E-state index in [2.05, 4.69) is 0 Å². The van der Waals surface area contributed by atoms with Crippen LogP contribution in [0.5, 0.6) is 0 Å². The van der Waals surface area contributed by atoms with Gasteiger partial charge in [-0.05, 0) is 50.5 Å². The van der Waals surface area contributed by atoms with Gasteiger partial charge in [0, 0.05) is 19.3 Å². The summed E-state index contributed by atoms with van der Waals surface area (Å²) in [4.78, 5) is 0.250. The van der Waals surface area contributed by atoms with Gasteiger partial charge in [0.25, 0.3) is 0 Å². The van der Waals surface area contributed by atoms with Crippen molar-refractivity contribution >= 4 is 15.7 Å². The second-order valence-corrected chi connectivity index (χ2v) is 7.41. The minimum atomic E-state index is -3.54. The third-order valence-electron chi connectivity index (χ3n) is 4.16. The molecule has 1 aromatic carbocycles. The van der Waals surface area contributed by atoms with E-state index in [-0.39, 0.29) is 17.0 Å². The Morgan fingerprint density at radius 3 is 2.50 bits per heavy atom. The first-order chi connectivity index (χ1) is 9.25. The standard InChI is InChI=1S/C14H22N2O3S/c1-9-7-12(8-13(15)10(9)2)20(17,18)16(4)14-5-6-19-11(14)3/h7-8,11,14H,5-6,15H2,1-4H3. The predicted octanol–water partition coefficient (Wildman–Crippen LogP) is 1.68. The second kappa shape index (κ2) is 5.35. The van der Waals surface area contributed by atoms with Crippen molar-refractivity contribution in [1.29, 1.82) is 0 Å². The van der Waals surface area contributed by atoms with Gasteiger partial charge in [0.2, 0.25) is 10.0 Å². The largest absolute Gasteiger partial charge is 0.398 e. The number of aryl methyl sites for hydroxylation is 1. The summed E-state index contributed by atoms with van der Waals surface area (Å²) in [6, 6.07) is 3.09. The molecule has 2 N–H and O–H groups in total. The van der Waals surface area contributed by atoms with Crippen LogP contribution in [0.4, 0.5) is 5.69 Å². The predicted molar refractivity (Wildman–Crippen MR) is 79.1 cm³/mol. The van der Waals surface area contributed by atoms with Crippen LogP contribution in [0.15, 0.2) is 17.0 Å². The summed E-state index contributed by atoms with van der Waals surface area (Å²) in [6.45, 7) is 6.25. The minimum absolute atomic E-state index is 0.0846.